The van der Waals surface area contributed by atoms with E-state index >= 15 is 0 Å². The zero-order valence-electron chi connectivity index (χ0n) is 19.2. The molecule has 2 aliphatic heterocycles. The van der Waals surface area contributed by atoms with Gasteiger partial charge < -0.3 is 54.9 Å². The summed E-state index contributed by atoms with van der Waals surface area (Å²) in [6, 6.07) is 0. The fraction of sp³-hybridized carbons (Fsp3) is 0.952. The Kier molecular flexibility index (Phi) is 11.9. The molecule has 2 aliphatic rings. The second kappa shape index (κ2) is 13.8. The summed E-state index contributed by atoms with van der Waals surface area (Å²) in [4.78, 5) is 11.0. The van der Waals surface area contributed by atoms with Crippen LogP contribution in [0.4, 0.5) is 0 Å². The fourth-order valence-electron chi connectivity index (χ4n) is 4.15. The summed E-state index contributed by atoms with van der Waals surface area (Å²) >= 11 is 0. The summed E-state index contributed by atoms with van der Waals surface area (Å²) in [6.07, 6.45) is -8.57. The molecule has 1 amide bonds. The first-order chi connectivity index (χ1) is 15.7. The van der Waals surface area contributed by atoms with Crippen LogP contribution >= 0.6 is 0 Å². The molecule has 0 aliphatic carbocycles. The van der Waals surface area contributed by atoms with Gasteiger partial charge in [0.2, 0.25) is 5.91 Å². The molecule has 12 heteroatoms. The standard InChI is InChI=1S/C21H39NO11/c1-11-14(9-24)32-21(17(28)16(11)27)33-20-15(10-25)31-13(5-3-7-23)19(18(20)29)30-8-4-6-22-12(2)26/h11,13-21,23-25,27-29H,3-10H2,1-2H3,(H,22,26)/t11-,13?,14-,15-,16+,17-,18-,19+,20-,21?/m1/s1. The van der Waals surface area contributed by atoms with E-state index in [9.17, 15) is 35.4 Å². The molecule has 2 rings (SSSR count). The van der Waals surface area contributed by atoms with E-state index in [1.54, 1.807) is 6.92 Å². The van der Waals surface area contributed by atoms with E-state index in [4.69, 9.17) is 18.9 Å². The van der Waals surface area contributed by atoms with Crippen molar-refractivity contribution in [2.24, 2.45) is 5.92 Å². The minimum absolute atomic E-state index is 0.0876. The van der Waals surface area contributed by atoms with Gasteiger partial charge in [0, 0.05) is 32.6 Å². The zero-order valence-corrected chi connectivity index (χ0v) is 19.2. The number of carbonyl (C=O) groups is 1. The summed E-state index contributed by atoms with van der Waals surface area (Å²) < 4.78 is 23.1. The molecule has 194 valence electrons. The third kappa shape index (κ3) is 7.52. The number of nitrogens with one attached hydrogen (secondary N) is 1. The van der Waals surface area contributed by atoms with Gasteiger partial charge in [0.1, 0.15) is 30.5 Å². The van der Waals surface area contributed by atoms with Crippen LogP contribution in [0.1, 0.15) is 33.1 Å². The fourth-order valence-corrected chi connectivity index (χ4v) is 4.15. The second-order valence-electron chi connectivity index (χ2n) is 8.59. The van der Waals surface area contributed by atoms with Gasteiger partial charge in [-0.3, -0.25) is 4.79 Å². The first-order valence-corrected chi connectivity index (χ1v) is 11.4. The molecule has 2 unspecified atom stereocenters. The average Bonchev–Trinajstić information content (AvgIpc) is 2.79. The minimum Gasteiger partial charge on any atom is -0.396 e. The van der Waals surface area contributed by atoms with Gasteiger partial charge in [-0.25, -0.2) is 0 Å². The normalized spacial score (nSPS) is 39.4. The molecule has 12 nitrogen and oxygen atoms in total. The van der Waals surface area contributed by atoms with E-state index in [1.165, 1.54) is 6.92 Å². The Morgan fingerprint density at radius 3 is 2.21 bits per heavy atom. The van der Waals surface area contributed by atoms with Crippen molar-refractivity contribution in [1.29, 1.82) is 0 Å². The summed E-state index contributed by atoms with van der Waals surface area (Å²) in [5, 5.41) is 63.0. The lowest BCUT2D eigenvalue weighted by Gasteiger charge is -2.47. The molecule has 0 radical (unpaired) electrons. The predicted molar refractivity (Wildman–Crippen MR) is 113 cm³/mol. The van der Waals surface area contributed by atoms with Gasteiger partial charge in [-0.15, -0.1) is 0 Å². The molecule has 33 heavy (non-hydrogen) atoms. The van der Waals surface area contributed by atoms with Crippen LogP contribution in [-0.4, -0.2) is 125 Å². The second-order valence-corrected chi connectivity index (χ2v) is 8.59. The number of aliphatic hydroxyl groups is 6. The summed E-state index contributed by atoms with van der Waals surface area (Å²) in [7, 11) is 0. The Balaban J connectivity index is 2.11. The van der Waals surface area contributed by atoms with Crippen molar-refractivity contribution in [1.82, 2.24) is 5.32 Å². The lowest BCUT2D eigenvalue weighted by molar-refractivity contribution is -0.338. The highest BCUT2D eigenvalue weighted by molar-refractivity contribution is 5.72. The van der Waals surface area contributed by atoms with Crippen LogP contribution in [0.25, 0.3) is 0 Å². The first-order valence-electron chi connectivity index (χ1n) is 11.4. The molecule has 2 saturated heterocycles. The zero-order chi connectivity index (χ0) is 24.5. The van der Waals surface area contributed by atoms with Crippen LogP contribution in [0.15, 0.2) is 0 Å². The largest absolute Gasteiger partial charge is 0.396 e. The van der Waals surface area contributed by atoms with E-state index in [0.29, 0.717) is 25.8 Å². The molecule has 0 spiro atoms. The van der Waals surface area contributed by atoms with Crippen molar-refractivity contribution in [3.63, 3.8) is 0 Å². The van der Waals surface area contributed by atoms with Crippen LogP contribution in [-0.2, 0) is 23.7 Å². The van der Waals surface area contributed by atoms with Gasteiger partial charge in [0.15, 0.2) is 6.29 Å². The molecule has 0 aromatic rings. The molecule has 2 heterocycles. The van der Waals surface area contributed by atoms with Crippen molar-refractivity contribution in [2.75, 3.05) is 33.0 Å². The maximum Gasteiger partial charge on any atom is 0.216 e. The van der Waals surface area contributed by atoms with Crippen molar-refractivity contribution in [2.45, 2.75) is 88.2 Å². The molecule has 0 bridgehead atoms. The molecule has 0 saturated carbocycles. The van der Waals surface area contributed by atoms with Crippen LogP contribution in [0.3, 0.4) is 0 Å². The van der Waals surface area contributed by atoms with Gasteiger partial charge in [-0.05, 0) is 19.3 Å². The lowest BCUT2D eigenvalue weighted by Crippen LogP contribution is -2.63. The van der Waals surface area contributed by atoms with Crippen molar-refractivity contribution < 1.29 is 54.4 Å². The van der Waals surface area contributed by atoms with Crippen LogP contribution in [0, 0.1) is 5.92 Å². The Morgan fingerprint density at radius 2 is 1.61 bits per heavy atom. The van der Waals surface area contributed by atoms with E-state index in [2.05, 4.69) is 5.32 Å². The first kappa shape index (κ1) is 28.3. The maximum absolute atomic E-state index is 11.1. The van der Waals surface area contributed by atoms with Gasteiger partial charge in [0.05, 0.1) is 31.5 Å². The number of hydrogen-bond donors (Lipinski definition) is 7. The number of ether oxygens (including phenoxy) is 4. The van der Waals surface area contributed by atoms with E-state index < -0.39 is 74.3 Å². The van der Waals surface area contributed by atoms with E-state index in [-0.39, 0.29) is 19.1 Å². The van der Waals surface area contributed by atoms with Crippen LogP contribution in [0.2, 0.25) is 0 Å². The monoisotopic (exact) mass is 481 g/mol. The van der Waals surface area contributed by atoms with E-state index in [0.717, 1.165) is 0 Å². The molecule has 2 fully saturated rings. The van der Waals surface area contributed by atoms with Crippen LogP contribution in [0.5, 0.6) is 0 Å². The number of hydrogen-bond acceptors (Lipinski definition) is 11. The summed E-state index contributed by atoms with van der Waals surface area (Å²) in [5.41, 5.74) is 0. The van der Waals surface area contributed by atoms with Crippen molar-refractivity contribution >= 4 is 5.91 Å². The van der Waals surface area contributed by atoms with Gasteiger partial charge in [-0.2, -0.15) is 0 Å². The van der Waals surface area contributed by atoms with Gasteiger partial charge in [0.25, 0.3) is 0 Å². The Bertz CT molecular complexity index is 580. The Morgan fingerprint density at radius 1 is 0.909 bits per heavy atom. The highest BCUT2D eigenvalue weighted by Gasteiger charge is 2.50. The molecule has 0 aromatic carbocycles. The number of amides is 1. The lowest BCUT2D eigenvalue weighted by atomic mass is 9.90. The van der Waals surface area contributed by atoms with Crippen LogP contribution < -0.4 is 5.32 Å². The molecule has 10 atom stereocenters. The highest BCUT2D eigenvalue weighted by atomic mass is 16.7. The predicted octanol–water partition coefficient (Wildman–Crippen LogP) is -2.75. The Labute approximate surface area is 193 Å². The molecular formula is C21H39NO11. The minimum atomic E-state index is -1.45. The summed E-state index contributed by atoms with van der Waals surface area (Å²) in [6.45, 7) is 2.62. The maximum atomic E-state index is 11.1. The average molecular weight is 482 g/mol. The highest BCUT2D eigenvalue weighted by Crippen LogP contribution is 2.32. The number of rotatable bonds is 12. The number of aliphatic hydroxyl groups excluding tert-OH is 6. The smallest absolute Gasteiger partial charge is 0.216 e. The topological polar surface area (TPSA) is 187 Å². The third-order valence-corrected chi connectivity index (χ3v) is 6.12. The van der Waals surface area contributed by atoms with E-state index in [1.807, 2.05) is 0 Å². The van der Waals surface area contributed by atoms with Gasteiger partial charge in [-0.1, -0.05) is 6.92 Å². The SMILES string of the molecule is CC(=O)NCCCO[C@H]1C(CCCO)O[C@H](CO)[C@@H](OC2O[C@H](CO)[C@@H](C)[C@H](O)[C@H]2O)[C@@H]1O. The molecular weight excluding hydrogens is 442 g/mol. The van der Waals surface area contributed by atoms with Gasteiger partial charge >= 0.3 is 0 Å². The van der Waals surface area contributed by atoms with Crippen molar-refractivity contribution in [3.8, 4) is 0 Å². The quantitative estimate of drug-likeness (QED) is 0.143. The molecule has 0 aromatic heterocycles. The Hall–Kier alpha value is -0.930. The number of carbonyl (C=O) groups excluding carboxylic acids is 1. The molecule has 7 N–H and O–H groups in total. The third-order valence-electron chi connectivity index (χ3n) is 6.12. The van der Waals surface area contributed by atoms with Crippen molar-refractivity contribution in [3.05, 3.63) is 0 Å². The summed E-state index contributed by atoms with van der Waals surface area (Å²) in [5.74, 6) is -0.714.